The molecule has 17 heavy (non-hydrogen) atoms. The van der Waals surface area contributed by atoms with Crippen LogP contribution in [0.25, 0.3) is 0 Å². The topological polar surface area (TPSA) is 44.8 Å². The van der Waals surface area contributed by atoms with Crippen molar-refractivity contribution in [2.45, 2.75) is 58.7 Å². The summed E-state index contributed by atoms with van der Waals surface area (Å²) >= 11 is 0. The summed E-state index contributed by atoms with van der Waals surface area (Å²) in [6.45, 7) is 5.99. The van der Waals surface area contributed by atoms with Gasteiger partial charge in [0, 0.05) is 12.8 Å². The highest BCUT2D eigenvalue weighted by Crippen LogP contribution is 2.57. The average molecular weight is 260 g/mol. The van der Waals surface area contributed by atoms with Crippen molar-refractivity contribution >= 4 is 7.82 Å². The molecule has 1 fully saturated rings. The Morgan fingerprint density at radius 2 is 1.94 bits per heavy atom. The highest BCUT2D eigenvalue weighted by molar-refractivity contribution is 7.48. The Hall–Kier alpha value is -0.310. The first-order chi connectivity index (χ1) is 7.97. The van der Waals surface area contributed by atoms with Crippen LogP contribution in [0.5, 0.6) is 0 Å². The van der Waals surface area contributed by atoms with Crippen LogP contribution < -0.4 is 0 Å². The molecule has 2 aliphatic rings. The normalized spacial score (nSPS) is 43.0. The maximum absolute atomic E-state index is 12.3. The lowest BCUT2D eigenvalue weighted by atomic mass is 9.95. The first-order valence-corrected chi connectivity index (χ1v) is 7.78. The zero-order valence-electron chi connectivity index (χ0n) is 10.7. The number of hydrogen-bond donors (Lipinski definition) is 0. The second-order valence-electron chi connectivity index (χ2n) is 5.16. The quantitative estimate of drug-likeness (QED) is 0.703. The fourth-order valence-electron chi connectivity index (χ4n) is 2.23. The van der Waals surface area contributed by atoms with Gasteiger partial charge in [-0.05, 0) is 38.7 Å². The lowest BCUT2D eigenvalue weighted by molar-refractivity contribution is 0.0107. The second-order valence-corrected chi connectivity index (χ2v) is 6.65. The summed E-state index contributed by atoms with van der Waals surface area (Å²) in [5.41, 5.74) is 0. The van der Waals surface area contributed by atoms with Crippen molar-refractivity contribution in [2.75, 3.05) is 0 Å². The van der Waals surface area contributed by atoms with Crippen molar-refractivity contribution in [3.8, 4) is 0 Å². The first-order valence-electron chi connectivity index (χ1n) is 6.32. The molecule has 0 aromatic heterocycles. The van der Waals surface area contributed by atoms with Crippen LogP contribution in [0.1, 0.15) is 46.5 Å². The third-order valence-corrected chi connectivity index (χ3v) is 4.84. The van der Waals surface area contributed by atoms with E-state index in [1.165, 1.54) is 0 Å². The molecule has 3 atom stereocenters. The van der Waals surface area contributed by atoms with Gasteiger partial charge in [-0.25, -0.2) is 4.57 Å². The Morgan fingerprint density at radius 1 is 1.29 bits per heavy atom. The van der Waals surface area contributed by atoms with Gasteiger partial charge in [0.05, 0.1) is 12.2 Å². The molecule has 1 unspecified atom stereocenters. The van der Waals surface area contributed by atoms with Crippen LogP contribution in [0, 0.1) is 5.92 Å². The monoisotopic (exact) mass is 260 g/mol. The van der Waals surface area contributed by atoms with Crippen LogP contribution in [0.4, 0.5) is 0 Å². The molecule has 1 heterocycles. The van der Waals surface area contributed by atoms with Crippen LogP contribution in [-0.4, -0.2) is 12.2 Å². The Kier molecular flexibility index (Phi) is 3.96. The Balaban J connectivity index is 1.99. The predicted molar refractivity (Wildman–Crippen MR) is 65.5 cm³/mol. The van der Waals surface area contributed by atoms with Crippen LogP contribution >= 0.6 is 7.82 Å². The Morgan fingerprint density at radius 3 is 2.47 bits per heavy atom. The molecule has 1 saturated heterocycles. The maximum atomic E-state index is 12.3. The third kappa shape index (κ3) is 3.57. The summed E-state index contributed by atoms with van der Waals surface area (Å²) in [5.74, 6) is 1.43. The van der Waals surface area contributed by atoms with Gasteiger partial charge < -0.3 is 4.52 Å². The van der Waals surface area contributed by atoms with Crippen molar-refractivity contribution in [3.05, 3.63) is 11.8 Å². The molecule has 0 N–H and O–H groups in total. The lowest BCUT2D eigenvalue weighted by Gasteiger charge is -2.32. The fraction of sp³-hybridized carbons (Fsp3) is 0.833. The van der Waals surface area contributed by atoms with Gasteiger partial charge in [0.1, 0.15) is 5.76 Å². The minimum atomic E-state index is -3.38. The molecule has 0 radical (unpaired) electrons. The van der Waals surface area contributed by atoms with Gasteiger partial charge in [-0.2, -0.15) is 0 Å². The fourth-order valence-corrected chi connectivity index (χ4v) is 3.87. The SMILES string of the molecule is CC1CC=C(OP2(=O)O[C@@H](C)C[C@H](C)O2)CC1. The van der Waals surface area contributed by atoms with Crippen molar-refractivity contribution in [2.24, 2.45) is 5.92 Å². The average Bonchev–Trinajstić information content (AvgIpc) is 2.19. The van der Waals surface area contributed by atoms with E-state index in [4.69, 9.17) is 13.6 Å². The lowest BCUT2D eigenvalue weighted by Crippen LogP contribution is -2.24. The first kappa shape index (κ1) is 13.1. The van der Waals surface area contributed by atoms with Crippen LogP contribution in [0.2, 0.25) is 0 Å². The molecular formula is C12H21O4P. The largest absolute Gasteiger partial charge is 0.530 e. The van der Waals surface area contributed by atoms with E-state index in [1.807, 2.05) is 19.9 Å². The summed E-state index contributed by atoms with van der Waals surface area (Å²) in [6.07, 6.45) is 5.46. The van der Waals surface area contributed by atoms with Gasteiger partial charge in [0.2, 0.25) is 0 Å². The summed E-state index contributed by atoms with van der Waals surface area (Å²) in [5, 5.41) is 0. The van der Waals surface area contributed by atoms with E-state index in [-0.39, 0.29) is 12.2 Å². The molecule has 0 bridgehead atoms. The molecule has 0 aromatic rings. The number of phosphoric ester groups is 1. The molecule has 2 rings (SSSR count). The molecule has 1 aliphatic carbocycles. The summed E-state index contributed by atoms with van der Waals surface area (Å²) in [7, 11) is -3.38. The standard InChI is InChI=1S/C12H21O4P/c1-9-4-6-12(7-5-9)16-17(13)14-10(2)8-11(3)15-17/h6,9-11H,4-5,7-8H2,1-3H3/t9?,10-,11-/m0/s1. The highest BCUT2D eigenvalue weighted by atomic mass is 31.2. The molecule has 0 spiro atoms. The summed E-state index contributed by atoms with van der Waals surface area (Å²) in [6, 6.07) is 0. The van der Waals surface area contributed by atoms with Gasteiger partial charge in [-0.15, -0.1) is 0 Å². The van der Waals surface area contributed by atoms with E-state index in [0.717, 1.165) is 31.4 Å². The number of allylic oxidation sites excluding steroid dienone is 2. The van der Waals surface area contributed by atoms with Crippen molar-refractivity contribution < 1.29 is 18.1 Å². The predicted octanol–water partition coefficient (Wildman–Crippen LogP) is 4.03. The zero-order chi connectivity index (χ0) is 12.5. The zero-order valence-corrected chi connectivity index (χ0v) is 11.6. The minimum Gasteiger partial charge on any atom is -0.409 e. The van der Waals surface area contributed by atoms with Gasteiger partial charge in [-0.1, -0.05) is 6.92 Å². The molecule has 98 valence electrons. The van der Waals surface area contributed by atoms with Gasteiger partial charge in [0.15, 0.2) is 0 Å². The third-order valence-electron chi connectivity index (χ3n) is 3.14. The molecule has 0 aromatic carbocycles. The van der Waals surface area contributed by atoms with Gasteiger partial charge >= 0.3 is 7.82 Å². The van der Waals surface area contributed by atoms with Crippen LogP contribution in [-0.2, 0) is 18.1 Å². The van der Waals surface area contributed by atoms with E-state index in [1.54, 1.807) is 0 Å². The number of hydrogen-bond acceptors (Lipinski definition) is 4. The molecule has 1 aliphatic heterocycles. The van der Waals surface area contributed by atoms with E-state index in [0.29, 0.717) is 5.92 Å². The van der Waals surface area contributed by atoms with E-state index in [2.05, 4.69) is 6.92 Å². The summed E-state index contributed by atoms with van der Waals surface area (Å²) < 4.78 is 28.5. The maximum Gasteiger partial charge on any atom is 0.530 e. The van der Waals surface area contributed by atoms with Crippen molar-refractivity contribution in [3.63, 3.8) is 0 Å². The van der Waals surface area contributed by atoms with E-state index < -0.39 is 7.82 Å². The van der Waals surface area contributed by atoms with Crippen molar-refractivity contribution in [1.82, 2.24) is 0 Å². The van der Waals surface area contributed by atoms with Crippen LogP contribution in [0.3, 0.4) is 0 Å². The molecule has 4 nitrogen and oxygen atoms in total. The van der Waals surface area contributed by atoms with E-state index in [9.17, 15) is 4.57 Å². The molecule has 5 heteroatoms. The van der Waals surface area contributed by atoms with Crippen molar-refractivity contribution in [1.29, 1.82) is 0 Å². The highest BCUT2D eigenvalue weighted by Gasteiger charge is 2.39. The van der Waals surface area contributed by atoms with Gasteiger partial charge in [-0.3, -0.25) is 9.05 Å². The second kappa shape index (κ2) is 5.13. The summed E-state index contributed by atoms with van der Waals surface area (Å²) in [4.78, 5) is 0. The van der Waals surface area contributed by atoms with E-state index >= 15 is 0 Å². The number of phosphoric acid groups is 1. The Bertz CT molecular complexity index is 338. The van der Waals surface area contributed by atoms with Crippen LogP contribution in [0.15, 0.2) is 11.8 Å². The molecule has 0 amide bonds. The smallest absolute Gasteiger partial charge is 0.409 e. The Labute approximate surface area is 103 Å². The molecule has 0 saturated carbocycles. The minimum absolute atomic E-state index is 0.0762. The molecular weight excluding hydrogens is 239 g/mol. The van der Waals surface area contributed by atoms with Gasteiger partial charge in [0.25, 0.3) is 0 Å². The number of rotatable bonds is 2.